The third kappa shape index (κ3) is 6.15. The summed E-state index contributed by atoms with van der Waals surface area (Å²) in [7, 11) is 0. The second kappa shape index (κ2) is 9.98. The van der Waals surface area contributed by atoms with Crippen LogP contribution >= 0.6 is 0 Å². The fourth-order valence-electron chi connectivity index (χ4n) is 4.69. The second-order valence-corrected chi connectivity index (χ2v) is 10.7. The molecule has 1 saturated carbocycles. The van der Waals surface area contributed by atoms with Gasteiger partial charge >= 0.3 is 0 Å². The maximum atomic E-state index is 13.5. The molecule has 0 radical (unpaired) electrons. The Morgan fingerprint density at radius 1 is 1.09 bits per heavy atom. The van der Waals surface area contributed by atoms with Gasteiger partial charge in [0, 0.05) is 24.2 Å². The summed E-state index contributed by atoms with van der Waals surface area (Å²) < 4.78 is 27.0. The highest BCUT2D eigenvalue weighted by Gasteiger charge is 2.36. The van der Waals surface area contributed by atoms with Crippen molar-refractivity contribution in [3.8, 4) is 0 Å². The number of halogens is 2. The number of benzene rings is 2. The molecule has 1 fully saturated rings. The van der Waals surface area contributed by atoms with E-state index >= 15 is 0 Å². The van der Waals surface area contributed by atoms with Crippen LogP contribution in [0.4, 0.5) is 8.78 Å². The van der Waals surface area contributed by atoms with Gasteiger partial charge in [-0.1, -0.05) is 52.0 Å². The molecule has 1 aliphatic rings. The van der Waals surface area contributed by atoms with Crippen molar-refractivity contribution in [2.24, 2.45) is 11.7 Å². The van der Waals surface area contributed by atoms with Crippen molar-refractivity contribution in [1.82, 2.24) is 5.32 Å². The fourth-order valence-corrected chi connectivity index (χ4v) is 4.69. The normalized spacial score (nSPS) is 23.7. The zero-order chi connectivity index (χ0) is 23.5. The predicted octanol–water partition coefficient (Wildman–Crippen LogP) is 5.19. The molecule has 32 heavy (non-hydrogen) atoms. The fraction of sp³-hybridized carbons (Fsp3) is 0.556. The lowest BCUT2D eigenvalue weighted by Crippen LogP contribution is -2.51. The maximum absolute atomic E-state index is 13.5. The lowest BCUT2D eigenvalue weighted by atomic mass is 9.72. The van der Waals surface area contributed by atoms with E-state index in [0.29, 0.717) is 18.0 Å². The molecule has 5 heteroatoms. The van der Waals surface area contributed by atoms with Gasteiger partial charge in [0.1, 0.15) is 11.6 Å². The van der Waals surface area contributed by atoms with Gasteiger partial charge in [-0.3, -0.25) is 0 Å². The topological polar surface area (TPSA) is 58.3 Å². The van der Waals surface area contributed by atoms with E-state index in [1.807, 2.05) is 0 Å². The molecule has 176 valence electrons. The summed E-state index contributed by atoms with van der Waals surface area (Å²) in [6.07, 6.45) is 3.62. The molecule has 2 atom stereocenters. The Morgan fingerprint density at radius 2 is 1.72 bits per heavy atom. The van der Waals surface area contributed by atoms with Gasteiger partial charge in [-0.15, -0.1) is 0 Å². The Balaban J connectivity index is 1.74. The summed E-state index contributed by atoms with van der Waals surface area (Å²) >= 11 is 0. The van der Waals surface area contributed by atoms with Crippen LogP contribution in [0.5, 0.6) is 0 Å². The molecule has 0 saturated heterocycles. The molecule has 4 N–H and O–H groups in total. The summed E-state index contributed by atoms with van der Waals surface area (Å²) in [5.41, 5.74) is 9.06. The van der Waals surface area contributed by atoms with E-state index in [0.717, 1.165) is 31.7 Å². The number of hydrogen-bond acceptors (Lipinski definition) is 3. The molecule has 0 aliphatic heterocycles. The van der Waals surface area contributed by atoms with Crippen molar-refractivity contribution in [1.29, 1.82) is 0 Å². The lowest BCUT2D eigenvalue weighted by molar-refractivity contribution is 0.111. The van der Waals surface area contributed by atoms with E-state index < -0.39 is 23.8 Å². The Morgan fingerprint density at radius 3 is 2.31 bits per heavy atom. The van der Waals surface area contributed by atoms with Crippen LogP contribution in [-0.4, -0.2) is 23.8 Å². The lowest BCUT2D eigenvalue weighted by Gasteiger charge is -2.42. The SMILES string of the molecule is CC1CCC(NCC(O)C(N)Cc2cc(F)cc(F)c2)(c2cccc(C(C)(C)C)c2)CC1. The monoisotopic (exact) mass is 444 g/mol. The average molecular weight is 445 g/mol. The van der Waals surface area contributed by atoms with E-state index in [1.165, 1.54) is 23.3 Å². The first-order valence-electron chi connectivity index (χ1n) is 11.7. The van der Waals surface area contributed by atoms with Gasteiger partial charge in [0.15, 0.2) is 0 Å². The third-order valence-corrected chi connectivity index (χ3v) is 6.95. The standard InChI is InChI=1S/C27H38F2N2O/c1-18-8-10-27(11-9-18,21-7-5-6-20(15-21)26(2,3)4)31-17-25(32)24(30)14-19-12-22(28)16-23(29)13-19/h5-7,12-13,15-16,18,24-25,31-32H,8-11,14,17,30H2,1-4H3. The van der Waals surface area contributed by atoms with Gasteiger partial charge in [-0.2, -0.15) is 0 Å². The summed E-state index contributed by atoms with van der Waals surface area (Å²) in [6, 6.07) is 11.5. The summed E-state index contributed by atoms with van der Waals surface area (Å²) in [5.74, 6) is -0.576. The highest BCUT2D eigenvalue weighted by molar-refractivity contribution is 5.34. The van der Waals surface area contributed by atoms with Crippen LogP contribution in [0.1, 0.15) is 70.1 Å². The van der Waals surface area contributed by atoms with Crippen molar-refractivity contribution in [3.05, 3.63) is 70.8 Å². The van der Waals surface area contributed by atoms with Crippen LogP contribution in [0.3, 0.4) is 0 Å². The minimum Gasteiger partial charge on any atom is -0.390 e. The number of nitrogens with two attached hydrogens (primary N) is 1. The van der Waals surface area contributed by atoms with E-state index in [4.69, 9.17) is 5.73 Å². The van der Waals surface area contributed by atoms with Crippen LogP contribution in [0, 0.1) is 17.6 Å². The smallest absolute Gasteiger partial charge is 0.126 e. The molecule has 2 aromatic carbocycles. The van der Waals surface area contributed by atoms with Gasteiger partial charge in [0.25, 0.3) is 0 Å². The van der Waals surface area contributed by atoms with Crippen molar-refractivity contribution in [2.75, 3.05) is 6.54 Å². The Kier molecular flexibility index (Phi) is 7.74. The molecule has 0 heterocycles. The molecular formula is C27H38F2N2O. The third-order valence-electron chi connectivity index (χ3n) is 6.95. The number of aliphatic hydroxyl groups is 1. The molecule has 0 spiro atoms. The zero-order valence-electron chi connectivity index (χ0n) is 19.8. The minimum atomic E-state index is -0.830. The molecule has 2 aromatic rings. The molecule has 0 amide bonds. The summed E-state index contributed by atoms with van der Waals surface area (Å²) in [4.78, 5) is 0. The number of aliphatic hydroxyl groups excluding tert-OH is 1. The quantitative estimate of drug-likeness (QED) is 0.551. The highest BCUT2D eigenvalue weighted by Crippen LogP contribution is 2.40. The number of hydrogen-bond donors (Lipinski definition) is 3. The van der Waals surface area contributed by atoms with Gasteiger partial charge in [-0.05, 0) is 72.3 Å². The van der Waals surface area contributed by atoms with Crippen molar-refractivity contribution in [3.63, 3.8) is 0 Å². The van der Waals surface area contributed by atoms with Crippen LogP contribution in [0.25, 0.3) is 0 Å². The second-order valence-electron chi connectivity index (χ2n) is 10.7. The number of rotatable bonds is 7. The van der Waals surface area contributed by atoms with E-state index in [-0.39, 0.29) is 17.4 Å². The van der Waals surface area contributed by atoms with E-state index in [2.05, 4.69) is 57.3 Å². The average Bonchev–Trinajstić information content (AvgIpc) is 2.72. The summed E-state index contributed by atoms with van der Waals surface area (Å²) in [6.45, 7) is 9.26. The Bertz CT molecular complexity index is 881. The first kappa shape index (κ1) is 24.8. The van der Waals surface area contributed by atoms with Gasteiger partial charge in [0.2, 0.25) is 0 Å². The zero-order valence-corrected chi connectivity index (χ0v) is 19.8. The molecule has 3 nitrogen and oxygen atoms in total. The molecule has 2 unspecified atom stereocenters. The Hall–Kier alpha value is -1.82. The van der Waals surface area contributed by atoms with Crippen LogP contribution in [0.2, 0.25) is 0 Å². The van der Waals surface area contributed by atoms with Crippen molar-refractivity contribution < 1.29 is 13.9 Å². The van der Waals surface area contributed by atoms with Gasteiger partial charge in [0.05, 0.1) is 6.10 Å². The van der Waals surface area contributed by atoms with Crippen LogP contribution in [0.15, 0.2) is 42.5 Å². The van der Waals surface area contributed by atoms with Gasteiger partial charge < -0.3 is 16.2 Å². The highest BCUT2D eigenvalue weighted by atomic mass is 19.1. The minimum absolute atomic E-state index is 0.0568. The largest absolute Gasteiger partial charge is 0.390 e. The van der Waals surface area contributed by atoms with E-state index in [9.17, 15) is 13.9 Å². The van der Waals surface area contributed by atoms with Crippen LogP contribution in [-0.2, 0) is 17.4 Å². The van der Waals surface area contributed by atoms with Gasteiger partial charge in [-0.25, -0.2) is 8.78 Å². The number of nitrogens with one attached hydrogen (secondary N) is 1. The molecule has 0 aromatic heterocycles. The molecule has 3 rings (SSSR count). The van der Waals surface area contributed by atoms with E-state index in [1.54, 1.807) is 0 Å². The summed E-state index contributed by atoms with van der Waals surface area (Å²) in [5, 5.41) is 14.4. The Labute approximate surface area is 191 Å². The molecule has 0 bridgehead atoms. The van der Waals surface area contributed by atoms with Crippen molar-refractivity contribution >= 4 is 0 Å². The van der Waals surface area contributed by atoms with Crippen molar-refractivity contribution in [2.45, 2.75) is 82.9 Å². The predicted molar refractivity (Wildman–Crippen MR) is 126 cm³/mol. The first-order chi connectivity index (χ1) is 15.0. The molecular weight excluding hydrogens is 406 g/mol. The van der Waals surface area contributed by atoms with Crippen LogP contribution < -0.4 is 11.1 Å². The maximum Gasteiger partial charge on any atom is 0.126 e. The first-order valence-corrected chi connectivity index (χ1v) is 11.7. The molecule has 1 aliphatic carbocycles.